The fourth-order valence-electron chi connectivity index (χ4n) is 2.56. The molecule has 1 saturated heterocycles. The monoisotopic (exact) mass is 312 g/mol. The van der Waals surface area contributed by atoms with E-state index in [1.807, 2.05) is 0 Å². The van der Waals surface area contributed by atoms with Crippen LogP contribution in [0.1, 0.15) is 13.8 Å². The Morgan fingerprint density at radius 2 is 1.95 bits per heavy atom. The first kappa shape index (κ1) is 16.1. The van der Waals surface area contributed by atoms with Gasteiger partial charge < -0.3 is 10.6 Å². The molecular formula is C14H24N4O2S. The molecule has 0 aliphatic carbocycles. The summed E-state index contributed by atoms with van der Waals surface area (Å²) >= 11 is 0. The molecule has 0 saturated carbocycles. The van der Waals surface area contributed by atoms with Crippen LogP contribution in [0.15, 0.2) is 23.1 Å². The fraction of sp³-hybridized carbons (Fsp3) is 0.571. The van der Waals surface area contributed by atoms with Crippen molar-refractivity contribution in [3.05, 3.63) is 18.2 Å². The lowest BCUT2D eigenvalue weighted by Crippen LogP contribution is -2.58. The van der Waals surface area contributed by atoms with Gasteiger partial charge in [-0.05, 0) is 46.1 Å². The molecule has 1 aromatic rings. The molecule has 7 heteroatoms. The molecule has 1 fully saturated rings. The molecule has 1 aliphatic rings. The first-order valence-corrected chi connectivity index (χ1v) is 8.45. The molecule has 118 valence electrons. The van der Waals surface area contributed by atoms with Gasteiger partial charge in [0.05, 0.1) is 5.69 Å². The second-order valence-corrected chi connectivity index (χ2v) is 7.95. The van der Waals surface area contributed by atoms with Crippen LogP contribution in [0.25, 0.3) is 0 Å². The number of nitrogen functional groups attached to an aromatic ring is 1. The Balaban J connectivity index is 2.46. The number of anilines is 2. The third-order valence-electron chi connectivity index (χ3n) is 4.20. The van der Waals surface area contributed by atoms with Crippen molar-refractivity contribution in [3.63, 3.8) is 0 Å². The van der Waals surface area contributed by atoms with Gasteiger partial charge in [-0.15, -0.1) is 0 Å². The van der Waals surface area contributed by atoms with Gasteiger partial charge in [-0.25, -0.2) is 13.1 Å². The van der Waals surface area contributed by atoms with Crippen molar-refractivity contribution in [2.45, 2.75) is 24.3 Å². The number of hydrogen-bond donors (Lipinski definition) is 2. The zero-order chi connectivity index (χ0) is 15.8. The van der Waals surface area contributed by atoms with E-state index in [1.165, 1.54) is 13.1 Å². The number of rotatable bonds is 3. The zero-order valence-corrected chi connectivity index (χ0v) is 13.9. The van der Waals surface area contributed by atoms with Crippen molar-refractivity contribution in [2.24, 2.45) is 0 Å². The highest BCUT2D eigenvalue weighted by Gasteiger charge is 2.33. The molecule has 0 bridgehead atoms. The van der Waals surface area contributed by atoms with E-state index in [1.54, 1.807) is 12.1 Å². The summed E-state index contributed by atoms with van der Waals surface area (Å²) in [5.41, 5.74) is 6.90. The first-order chi connectivity index (χ1) is 9.67. The maximum Gasteiger partial charge on any atom is 0.242 e. The smallest absolute Gasteiger partial charge is 0.242 e. The number of nitrogens with two attached hydrogens (primary N) is 1. The number of likely N-dealkylation sites (N-methyl/N-ethyl adjacent to an activating group) is 1. The van der Waals surface area contributed by atoms with Crippen LogP contribution in [0.4, 0.5) is 11.4 Å². The van der Waals surface area contributed by atoms with Crippen LogP contribution in [-0.2, 0) is 10.0 Å². The maximum absolute atomic E-state index is 12.2. The molecule has 6 nitrogen and oxygen atoms in total. The van der Waals surface area contributed by atoms with E-state index in [-0.39, 0.29) is 10.4 Å². The minimum Gasteiger partial charge on any atom is -0.399 e. The average molecular weight is 312 g/mol. The van der Waals surface area contributed by atoms with Crippen molar-refractivity contribution < 1.29 is 8.42 Å². The van der Waals surface area contributed by atoms with Gasteiger partial charge >= 0.3 is 0 Å². The molecule has 0 amide bonds. The molecule has 0 atom stereocenters. The van der Waals surface area contributed by atoms with Gasteiger partial charge in [0.2, 0.25) is 10.0 Å². The second kappa shape index (κ2) is 5.47. The van der Waals surface area contributed by atoms with Crippen LogP contribution in [-0.4, -0.2) is 52.6 Å². The van der Waals surface area contributed by atoms with Crippen LogP contribution >= 0.6 is 0 Å². The van der Waals surface area contributed by atoms with E-state index >= 15 is 0 Å². The fourth-order valence-corrected chi connectivity index (χ4v) is 3.55. The maximum atomic E-state index is 12.2. The summed E-state index contributed by atoms with van der Waals surface area (Å²) in [5, 5.41) is 0. The van der Waals surface area contributed by atoms with Gasteiger partial charge in [0, 0.05) is 30.9 Å². The number of sulfonamides is 1. The van der Waals surface area contributed by atoms with Gasteiger partial charge in [-0.2, -0.15) is 0 Å². The van der Waals surface area contributed by atoms with Crippen molar-refractivity contribution >= 4 is 21.4 Å². The molecule has 0 radical (unpaired) electrons. The topological polar surface area (TPSA) is 78.7 Å². The van der Waals surface area contributed by atoms with E-state index in [2.05, 4.69) is 35.4 Å². The Bertz CT molecular complexity index is 628. The molecule has 1 aliphatic heterocycles. The summed E-state index contributed by atoms with van der Waals surface area (Å²) in [4.78, 5) is 4.64. The molecule has 0 unspecified atom stereocenters. The molecule has 21 heavy (non-hydrogen) atoms. The third-order valence-corrected chi connectivity index (χ3v) is 5.64. The minimum atomic E-state index is -3.54. The number of piperazine rings is 1. The molecule has 3 N–H and O–H groups in total. The van der Waals surface area contributed by atoms with Gasteiger partial charge in [0.25, 0.3) is 0 Å². The molecular weight excluding hydrogens is 288 g/mol. The standard InChI is InChI=1S/C14H24N4O2S/c1-14(2)10-18(8-7-17(14)4)12-6-5-11(15)9-13(12)21(19,20)16-3/h5-6,9,16H,7-8,10,15H2,1-4H3. The van der Waals surface area contributed by atoms with E-state index in [0.29, 0.717) is 11.4 Å². The zero-order valence-electron chi connectivity index (χ0n) is 13.0. The normalized spacial score (nSPS) is 19.7. The molecule has 0 aromatic heterocycles. The Hall–Kier alpha value is -1.31. The van der Waals surface area contributed by atoms with Crippen molar-refractivity contribution in [1.82, 2.24) is 9.62 Å². The summed E-state index contributed by atoms with van der Waals surface area (Å²) in [5.74, 6) is 0. The molecule has 1 heterocycles. The summed E-state index contributed by atoms with van der Waals surface area (Å²) in [7, 11) is -0.0350. The highest BCUT2D eigenvalue weighted by atomic mass is 32.2. The van der Waals surface area contributed by atoms with E-state index in [0.717, 1.165) is 19.6 Å². The predicted molar refractivity (Wildman–Crippen MR) is 86.0 cm³/mol. The second-order valence-electron chi connectivity index (χ2n) is 6.09. The van der Waals surface area contributed by atoms with Crippen LogP contribution in [0.3, 0.4) is 0 Å². The Morgan fingerprint density at radius 3 is 2.52 bits per heavy atom. The van der Waals surface area contributed by atoms with Crippen molar-refractivity contribution in [2.75, 3.05) is 44.4 Å². The van der Waals surface area contributed by atoms with E-state index in [9.17, 15) is 8.42 Å². The highest BCUT2D eigenvalue weighted by Crippen LogP contribution is 2.31. The van der Waals surface area contributed by atoms with Crippen LogP contribution in [0.5, 0.6) is 0 Å². The quantitative estimate of drug-likeness (QED) is 0.804. The minimum absolute atomic E-state index is 0.0136. The van der Waals surface area contributed by atoms with Gasteiger partial charge in [-0.1, -0.05) is 0 Å². The Kier molecular flexibility index (Phi) is 4.19. The summed E-state index contributed by atoms with van der Waals surface area (Å²) in [6.07, 6.45) is 0. The van der Waals surface area contributed by atoms with Gasteiger partial charge in [0.15, 0.2) is 0 Å². The summed E-state index contributed by atoms with van der Waals surface area (Å²) in [6.45, 7) is 6.75. The average Bonchev–Trinajstić information content (AvgIpc) is 2.42. The number of benzene rings is 1. The van der Waals surface area contributed by atoms with Gasteiger partial charge in [0.1, 0.15) is 4.90 Å². The SMILES string of the molecule is CNS(=O)(=O)c1cc(N)ccc1N1CCN(C)C(C)(C)C1. The van der Waals surface area contributed by atoms with Gasteiger partial charge in [-0.3, -0.25) is 4.90 Å². The summed E-state index contributed by atoms with van der Waals surface area (Å²) < 4.78 is 26.9. The van der Waals surface area contributed by atoms with Crippen molar-refractivity contribution in [3.8, 4) is 0 Å². The van der Waals surface area contributed by atoms with Crippen LogP contribution in [0.2, 0.25) is 0 Å². The third kappa shape index (κ3) is 3.14. The molecule has 1 aromatic carbocycles. The van der Waals surface area contributed by atoms with Crippen LogP contribution < -0.4 is 15.4 Å². The lowest BCUT2D eigenvalue weighted by atomic mass is 9.99. The number of hydrogen-bond acceptors (Lipinski definition) is 5. The van der Waals surface area contributed by atoms with Crippen molar-refractivity contribution in [1.29, 1.82) is 0 Å². The van der Waals surface area contributed by atoms with Crippen LogP contribution in [0, 0.1) is 0 Å². The highest BCUT2D eigenvalue weighted by molar-refractivity contribution is 7.89. The summed E-state index contributed by atoms with van der Waals surface area (Å²) in [6, 6.07) is 5.06. The molecule has 2 rings (SSSR count). The first-order valence-electron chi connectivity index (χ1n) is 6.96. The van der Waals surface area contributed by atoms with E-state index < -0.39 is 10.0 Å². The predicted octanol–water partition coefficient (Wildman–Crippen LogP) is 0.707. The lowest BCUT2D eigenvalue weighted by Gasteiger charge is -2.46. The Morgan fingerprint density at radius 1 is 1.29 bits per heavy atom. The largest absolute Gasteiger partial charge is 0.399 e. The van der Waals surface area contributed by atoms with E-state index in [4.69, 9.17) is 5.73 Å². The lowest BCUT2D eigenvalue weighted by molar-refractivity contribution is 0.138. The number of nitrogens with one attached hydrogen (secondary N) is 1. The number of nitrogens with zero attached hydrogens (tertiary/aromatic N) is 2. The molecule has 0 spiro atoms. The Labute approximate surface area is 127 Å².